The molecule has 0 heterocycles. The summed E-state index contributed by atoms with van der Waals surface area (Å²) < 4.78 is 0. The molecule has 0 aromatic carbocycles. The van der Waals surface area contributed by atoms with E-state index in [9.17, 15) is 0 Å². The molecule has 0 spiro atoms. The van der Waals surface area contributed by atoms with Crippen LogP contribution in [-0.2, 0) is 0 Å². The Morgan fingerprint density at radius 1 is 0.455 bits per heavy atom. The molecule has 0 aliphatic carbocycles. The fourth-order valence-corrected chi connectivity index (χ4v) is 7.15. The zero-order chi connectivity index (χ0) is 15.8. The molecule has 0 aromatic heterocycles. The standard InChI is InChI=1S/C20H44P.HI/c1-5-9-11-13-15-17-19-21(7-3,8-4)20-18-16-14-12-10-6-2;/h5-20H2,1-4H3;1H/q+1;/p-1. The van der Waals surface area contributed by atoms with Gasteiger partial charge in [-0.15, -0.1) is 0 Å². The maximum absolute atomic E-state index is 2.48. The molecule has 22 heavy (non-hydrogen) atoms. The maximum atomic E-state index is 2.48. The molecule has 136 valence electrons. The Morgan fingerprint density at radius 3 is 1.09 bits per heavy atom. The molecule has 0 bridgehead atoms. The summed E-state index contributed by atoms with van der Waals surface area (Å²) in [5, 5.41) is 0. The van der Waals surface area contributed by atoms with Crippen LogP contribution in [0.5, 0.6) is 0 Å². The van der Waals surface area contributed by atoms with Crippen LogP contribution in [0.25, 0.3) is 0 Å². The molecule has 0 saturated heterocycles. The van der Waals surface area contributed by atoms with Gasteiger partial charge in [-0.1, -0.05) is 65.2 Å². The van der Waals surface area contributed by atoms with Gasteiger partial charge in [0.2, 0.25) is 0 Å². The molecule has 0 fully saturated rings. The summed E-state index contributed by atoms with van der Waals surface area (Å²) >= 11 is 0. The first-order valence-electron chi connectivity index (χ1n) is 10.1. The third-order valence-corrected chi connectivity index (χ3v) is 10.5. The zero-order valence-electron chi connectivity index (χ0n) is 16.1. The number of unbranched alkanes of at least 4 members (excludes halogenated alkanes) is 10. The van der Waals surface area contributed by atoms with Crippen LogP contribution in [0.15, 0.2) is 0 Å². The van der Waals surface area contributed by atoms with E-state index < -0.39 is 7.26 Å². The minimum atomic E-state index is -0.569. The van der Waals surface area contributed by atoms with Crippen molar-refractivity contribution in [3.05, 3.63) is 0 Å². The van der Waals surface area contributed by atoms with E-state index in [1.54, 1.807) is 12.3 Å². The highest BCUT2D eigenvalue weighted by atomic mass is 127. The fourth-order valence-electron chi connectivity index (χ4n) is 3.42. The van der Waals surface area contributed by atoms with E-state index in [1.165, 1.54) is 89.4 Å². The quantitative estimate of drug-likeness (QED) is 0.184. The van der Waals surface area contributed by atoms with E-state index in [-0.39, 0.29) is 24.0 Å². The van der Waals surface area contributed by atoms with E-state index in [2.05, 4.69) is 27.7 Å². The molecular formula is C20H44IP. The van der Waals surface area contributed by atoms with Crippen LogP contribution in [0.1, 0.15) is 105 Å². The van der Waals surface area contributed by atoms with Gasteiger partial charge in [-0.3, -0.25) is 0 Å². The minimum absolute atomic E-state index is 0. The average Bonchev–Trinajstić information content (AvgIpc) is 2.52. The van der Waals surface area contributed by atoms with Crippen molar-refractivity contribution in [2.24, 2.45) is 0 Å². The largest absolute Gasteiger partial charge is 1.00 e. The van der Waals surface area contributed by atoms with E-state index in [0.717, 1.165) is 0 Å². The second-order valence-corrected chi connectivity index (χ2v) is 11.8. The van der Waals surface area contributed by atoms with Crippen molar-refractivity contribution in [3.8, 4) is 0 Å². The average molecular weight is 442 g/mol. The maximum Gasteiger partial charge on any atom is 0.0594 e. The third kappa shape index (κ3) is 13.6. The predicted octanol–water partition coefficient (Wildman–Crippen LogP) is 4.77. The van der Waals surface area contributed by atoms with Crippen molar-refractivity contribution in [2.75, 3.05) is 24.6 Å². The molecule has 0 rings (SSSR count). The van der Waals surface area contributed by atoms with Gasteiger partial charge in [-0.2, -0.15) is 0 Å². The lowest BCUT2D eigenvalue weighted by Crippen LogP contribution is -3.00. The first-order valence-corrected chi connectivity index (χ1v) is 12.6. The Hall–Kier alpha value is 1.16. The summed E-state index contributed by atoms with van der Waals surface area (Å²) in [6.45, 7) is 9.58. The highest BCUT2D eigenvalue weighted by Gasteiger charge is 2.31. The van der Waals surface area contributed by atoms with Crippen molar-refractivity contribution >= 4 is 7.26 Å². The van der Waals surface area contributed by atoms with E-state index in [4.69, 9.17) is 0 Å². The Bertz CT molecular complexity index is 184. The van der Waals surface area contributed by atoms with Crippen molar-refractivity contribution < 1.29 is 24.0 Å². The van der Waals surface area contributed by atoms with Crippen LogP contribution in [0.2, 0.25) is 0 Å². The Kier molecular flexibility index (Phi) is 21.4. The van der Waals surface area contributed by atoms with Crippen molar-refractivity contribution in [1.29, 1.82) is 0 Å². The summed E-state index contributed by atoms with van der Waals surface area (Å²) in [6, 6.07) is 0. The molecule has 2 heteroatoms. The van der Waals surface area contributed by atoms with Crippen LogP contribution in [0, 0.1) is 0 Å². The van der Waals surface area contributed by atoms with Gasteiger partial charge < -0.3 is 24.0 Å². The van der Waals surface area contributed by atoms with Gasteiger partial charge in [0, 0.05) is 7.26 Å². The van der Waals surface area contributed by atoms with Crippen LogP contribution in [0.3, 0.4) is 0 Å². The highest BCUT2D eigenvalue weighted by molar-refractivity contribution is 7.75. The zero-order valence-corrected chi connectivity index (χ0v) is 19.2. The van der Waals surface area contributed by atoms with E-state index >= 15 is 0 Å². The van der Waals surface area contributed by atoms with Gasteiger partial charge >= 0.3 is 0 Å². The molecule has 0 aromatic rings. The predicted molar refractivity (Wildman–Crippen MR) is 104 cm³/mol. The molecule has 0 nitrogen and oxygen atoms in total. The SMILES string of the molecule is CCCCCCCC[P+](CC)(CC)CCCCCCCC.[I-]. The lowest BCUT2D eigenvalue weighted by molar-refractivity contribution is -0.00000489. The molecule has 0 atom stereocenters. The number of hydrogen-bond acceptors (Lipinski definition) is 0. The Balaban J connectivity index is 0. The Morgan fingerprint density at radius 2 is 0.773 bits per heavy atom. The van der Waals surface area contributed by atoms with Gasteiger partial charge in [0.05, 0.1) is 24.6 Å². The molecule has 0 amide bonds. The lowest BCUT2D eigenvalue weighted by Gasteiger charge is -2.25. The highest BCUT2D eigenvalue weighted by Crippen LogP contribution is 2.59. The van der Waals surface area contributed by atoms with E-state index in [1.807, 2.05) is 0 Å². The smallest absolute Gasteiger partial charge is 0.0594 e. The second kappa shape index (κ2) is 18.5. The van der Waals surface area contributed by atoms with Gasteiger partial charge in [0.25, 0.3) is 0 Å². The number of rotatable bonds is 16. The van der Waals surface area contributed by atoms with Gasteiger partial charge in [0.1, 0.15) is 0 Å². The second-order valence-electron chi connectivity index (χ2n) is 6.96. The first-order chi connectivity index (χ1) is 10.2. The van der Waals surface area contributed by atoms with Gasteiger partial charge in [-0.25, -0.2) is 0 Å². The van der Waals surface area contributed by atoms with Gasteiger partial charge in [0.15, 0.2) is 0 Å². The van der Waals surface area contributed by atoms with Crippen LogP contribution < -0.4 is 24.0 Å². The van der Waals surface area contributed by atoms with Crippen molar-refractivity contribution in [1.82, 2.24) is 0 Å². The Labute approximate surface area is 160 Å². The summed E-state index contributed by atoms with van der Waals surface area (Å²) in [7, 11) is -0.569. The van der Waals surface area contributed by atoms with Crippen LogP contribution in [-0.4, -0.2) is 24.6 Å². The number of halogens is 1. The molecule has 0 aliphatic rings. The van der Waals surface area contributed by atoms with Crippen LogP contribution >= 0.6 is 7.26 Å². The molecular weight excluding hydrogens is 398 g/mol. The van der Waals surface area contributed by atoms with Crippen molar-refractivity contribution in [3.63, 3.8) is 0 Å². The topological polar surface area (TPSA) is 0 Å². The third-order valence-electron chi connectivity index (χ3n) is 5.31. The summed E-state index contributed by atoms with van der Waals surface area (Å²) in [6.07, 6.45) is 23.8. The lowest BCUT2D eigenvalue weighted by atomic mass is 10.1. The summed E-state index contributed by atoms with van der Waals surface area (Å²) in [5.41, 5.74) is 0. The molecule has 0 saturated carbocycles. The molecule has 0 aliphatic heterocycles. The van der Waals surface area contributed by atoms with E-state index in [0.29, 0.717) is 0 Å². The number of hydrogen-bond donors (Lipinski definition) is 0. The monoisotopic (exact) mass is 442 g/mol. The molecule has 0 unspecified atom stereocenters. The molecule has 0 radical (unpaired) electrons. The molecule has 0 N–H and O–H groups in total. The van der Waals surface area contributed by atoms with Crippen molar-refractivity contribution in [2.45, 2.75) is 105 Å². The summed E-state index contributed by atoms with van der Waals surface area (Å²) in [4.78, 5) is 0. The fraction of sp³-hybridized carbons (Fsp3) is 1.00. The van der Waals surface area contributed by atoms with Crippen LogP contribution in [0.4, 0.5) is 0 Å². The van der Waals surface area contributed by atoms with Gasteiger partial charge in [-0.05, 0) is 39.5 Å². The normalized spacial score (nSPS) is 11.5. The first kappa shape index (κ1) is 25.4. The summed E-state index contributed by atoms with van der Waals surface area (Å²) in [5.74, 6) is 0. The minimum Gasteiger partial charge on any atom is -1.00 e.